The fourth-order valence-corrected chi connectivity index (χ4v) is 1.28. The van der Waals surface area contributed by atoms with Gasteiger partial charge in [-0.25, -0.2) is 4.98 Å². The van der Waals surface area contributed by atoms with Gasteiger partial charge in [0.05, 0.1) is 0 Å². The molecule has 0 saturated heterocycles. The van der Waals surface area contributed by atoms with Crippen molar-refractivity contribution < 1.29 is 0 Å². The Bertz CT molecular complexity index is 395. The molecule has 0 saturated carbocycles. The molecule has 5 heteroatoms. The monoisotopic (exact) mass is 189 g/mol. The van der Waals surface area contributed by atoms with E-state index in [2.05, 4.69) is 15.2 Å². The Hall–Kier alpha value is -1.75. The molecule has 0 atom stereocenters. The van der Waals surface area contributed by atoms with Crippen molar-refractivity contribution in [3.05, 3.63) is 36.5 Å². The molecule has 0 amide bonds. The third kappa shape index (κ3) is 1.62. The molecule has 0 unspecified atom stereocenters. The minimum absolute atomic E-state index is 0.581. The van der Waals surface area contributed by atoms with Crippen molar-refractivity contribution in [2.24, 2.45) is 5.73 Å². The highest BCUT2D eigenvalue weighted by atomic mass is 15.2. The summed E-state index contributed by atoms with van der Waals surface area (Å²) in [4.78, 5) is 4.20. The number of nitrogens with zero attached hydrogens (tertiary/aromatic N) is 4. The smallest absolute Gasteiger partial charge is 0.160 e. The molecule has 2 heterocycles. The second-order valence-electron chi connectivity index (χ2n) is 2.83. The van der Waals surface area contributed by atoms with Crippen molar-refractivity contribution in [3.63, 3.8) is 0 Å². The van der Waals surface area contributed by atoms with Crippen LogP contribution >= 0.6 is 0 Å². The Morgan fingerprint density at radius 2 is 2.29 bits per heavy atom. The van der Waals surface area contributed by atoms with Crippen molar-refractivity contribution >= 4 is 0 Å². The summed E-state index contributed by atoms with van der Waals surface area (Å²) in [5.74, 6) is 1.68. The van der Waals surface area contributed by atoms with Crippen LogP contribution in [0, 0.1) is 0 Å². The Kier molecular flexibility index (Phi) is 2.51. The summed E-state index contributed by atoms with van der Waals surface area (Å²) in [6.07, 6.45) is 5.97. The van der Waals surface area contributed by atoms with E-state index < -0.39 is 0 Å². The van der Waals surface area contributed by atoms with Crippen LogP contribution in [0.5, 0.6) is 0 Å². The first-order chi connectivity index (χ1) is 6.92. The molecule has 0 spiro atoms. The third-order valence-electron chi connectivity index (χ3n) is 1.89. The van der Waals surface area contributed by atoms with Gasteiger partial charge in [-0.3, -0.25) is 4.57 Å². The van der Waals surface area contributed by atoms with Gasteiger partial charge >= 0.3 is 0 Å². The van der Waals surface area contributed by atoms with Crippen LogP contribution in [0.25, 0.3) is 5.82 Å². The maximum atomic E-state index is 5.48. The molecule has 2 N–H and O–H groups in total. The molecule has 0 aromatic carbocycles. The number of aromatic nitrogens is 4. The first kappa shape index (κ1) is 8.83. The largest absolute Gasteiger partial charge is 0.330 e. The van der Waals surface area contributed by atoms with Gasteiger partial charge in [0, 0.05) is 25.0 Å². The van der Waals surface area contributed by atoms with E-state index >= 15 is 0 Å². The van der Waals surface area contributed by atoms with Crippen LogP contribution in [0.1, 0.15) is 5.82 Å². The van der Waals surface area contributed by atoms with Gasteiger partial charge in [-0.05, 0) is 18.7 Å². The fourth-order valence-electron chi connectivity index (χ4n) is 1.28. The first-order valence-corrected chi connectivity index (χ1v) is 4.42. The van der Waals surface area contributed by atoms with Crippen molar-refractivity contribution in [3.8, 4) is 5.82 Å². The Balaban J connectivity index is 2.37. The standard InChI is InChI=1S/C9H11N5/c10-4-3-8-11-6-7-14(8)9-2-1-5-12-13-9/h1-2,5-7H,3-4,10H2. The highest BCUT2D eigenvalue weighted by molar-refractivity contribution is 5.22. The Morgan fingerprint density at radius 1 is 1.36 bits per heavy atom. The van der Waals surface area contributed by atoms with Gasteiger partial charge < -0.3 is 5.73 Å². The predicted octanol–water partition coefficient (Wildman–Crippen LogP) is 0.163. The average Bonchev–Trinajstić information content (AvgIpc) is 2.68. The molecule has 14 heavy (non-hydrogen) atoms. The van der Waals surface area contributed by atoms with Crippen molar-refractivity contribution in [2.45, 2.75) is 6.42 Å². The molecule has 2 aromatic rings. The number of imidazole rings is 1. The summed E-state index contributed by atoms with van der Waals surface area (Å²) in [6, 6.07) is 3.73. The van der Waals surface area contributed by atoms with Crippen LogP contribution in [0.3, 0.4) is 0 Å². The summed E-state index contributed by atoms with van der Waals surface area (Å²) >= 11 is 0. The van der Waals surface area contributed by atoms with Crippen LogP contribution in [0.2, 0.25) is 0 Å². The number of nitrogens with two attached hydrogens (primary N) is 1. The lowest BCUT2D eigenvalue weighted by Crippen LogP contribution is -2.09. The highest BCUT2D eigenvalue weighted by Crippen LogP contribution is 2.05. The van der Waals surface area contributed by atoms with E-state index in [0.717, 1.165) is 18.1 Å². The van der Waals surface area contributed by atoms with Crippen LogP contribution in [0.4, 0.5) is 0 Å². The minimum atomic E-state index is 0.581. The van der Waals surface area contributed by atoms with E-state index in [1.54, 1.807) is 12.4 Å². The Labute approximate surface area is 81.6 Å². The molecule has 0 aliphatic rings. The minimum Gasteiger partial charge on any atom is -0.330 e. The molecule has 2 aromatic heterocycles. The third-order valence-corrected chi connectivity index (χ3v) is 1.89. The molecule has 0 fully saturated rings. The summed E-state index contributed by atoms with van der Waals surface area (Å²) in [5.41, 5.74) is 5.48. The lowest BCUT2D eigenvalue weighted by atomic mass is 10.4. The van der Waals surface area contributed by atoms with E-state index in [1.807, 2.05) is 22.9 Å². The molecule has 0 bridgehead atoms. The summed E-state index contributed by atoms with van der Waals surface area (Å²) in [7, 11) is 0. The van der Waals surface area contributed by atoms with Crippen molar-refractivity contribution in [1.82, 2.24) is 19.7 Å². The average molecular weight is 189 g/mol. The zero-order valence-electron chi connectivity index (χ0n) is 7.67. The summed E-state index contributed by atoms with van der Waals surface area (Å²) in [5, 5.41) is 7.81. The Morgan fingerprint density at radius 3 is 3.00 bits per heavy atom. The predicted molar refractivity (Wildman–Crippen MR) is 51.9 cm³/mol. The van der Waals surface area contributed by atoms with Gasteiger partial charge in [0.25, 0.3) is 0 Å². The number of hydrogen-bond acceptors (Lipinski definition) is 4. The van der Waals surface area contributed by atoms with E-state index in [9.17, 15) is 0 Å². The normalized spacial score (nSPS) is 10.4. The van der Waals surface area contributed by atoms with E-state index in [1.165, 1.54) is 0 Å². The fraction of sp³-hybridized carbons (Fsp3) is 0.222. The lowest BCUT2D eigenvalue weighted by molar-refractivity contribution is 0.807. The molecule has 5 nitrogen and oxygen atoms in total. The molecule has 2 rings (SSSR count). The molecule has 72 valence electrons. The highest BCUT2D eigenvalue weighted by Gasteiger charge is 2.04. The molecule has 0 aliphatic heterocycles. The first-order valence-electron chi connectivity index (χ1n) is 4.42. The molecular formula is C9H11N5. The maximum Gasteiger partial charge on any atom is 0.160 e. The van der Waals surface area contributed by atoms with Gasteiger partial charge in [-0.1, -0.05) is 0 Å². The van der Waals surface area contributed by atoms with Crippen LogP contribution in [-0.4, -0.2) is 26.3 Å². The van der Waals surface area contributed by atoms with E-state index in [4.69, 9.17) is 5.73 Å². The maximum absolute atomic E-state index is 5.48. The van der Waals surface area contributed by atoms with Crippen molar-refractivity contribution in [1.29, 1.82) is 0 Å². The van der Waals surface area contributed by atoms with Crippen molar-refractivity contribution in [2.75, 3.05) is 6.54 Å². The second-order valence-corrected chi connectivity index (χ2v) is 2.83. The summed E-state index contributed by atoms with van der Waals surface area (Å²) < 4.78 is 1.89. The second kappa shape index (κ2) is 3.97. The topological polar surface area (TPSA) is 69.6 Å². The van der Waals surface area contributed by atoms with Crippen LogP contribution in [0.15, 0.2) is 30.7 Å². The SMILES string of the molecule is NCCc1nccn1-c1cccnn1. The van der Waals surface area contributed by atoms with E-state index in [0.29, 0.717) is 6.54 Å². The molecular weight excluding hydrogens is 178 g/mol. The number of rotatable bonds is 3. The van der Waals surface area contributed by atoms with Crippen LogP contribution < -0.4 is 5.73 Å². The van der Waals surface area contributed by atoms with Gasteiger partial charge in [0.2, 0.25) is 0 Å². The van der Waals surface area contributed by atoms with E-state index in [-0.39, 0.29) is 0 Å². The molecule has 0 aliphatic carbocycles. The quantitative estimate of drug-likeness (QED) is 0.746. The van der Waals surface area contributed by atoms with Gasteiger partial charge in [-0.15, -0.1) is 5.10 Å². The lowest BCUT2D eigenvalue weighted by Gasteiger charge is -2.03. The molecule has 0 radical (unpaired) electrons. The van der Waals surface area contributed by atoms with Gasteiger partial charge in [0.1, 0.15) is 5.82 Å². The zero-order valence-corrected chi connectivity index (χ0v) is 7.67. The van der Waals surface area contributed by atoms with Crippen LogP contribution in [-0.2, 0) is 6.42 Å². The van der Waals surface area contributed by atoms with Gasteiger partial charge in [0.15, 0.2) is 5.82 Å². The zero-order chi connectivity index (χ0) is 9.80. The van der Waals surface area contributed by atoms with Gasteiger partial charge in [-0.2, -0.15) is 5.10 Å². The number of hydrogen-bond donors (Lipinski definition) is 1. The summed E-state index contributed by atoms with van der Waals surface area (Å²) in [6.45, 7) is 0.581.